The van der Waals surface area contributed by atoms with E-state index in [1.54, 1.807) is 0 Å². The van der Waals surface area contributed by atoms with Crippen LogP contribution >= 0.6 is 11.8 Å². The Bertz CT molecular complexity index is 589. The lowest BCUT2D eigenvalue weighted by molar-refractivity contribution is -0.0320. The number of nitrogens with one attached hydrogen (secondary N) is 1. The highest BCUT2D eigenvalue weighted by Crippen LogP contribution is 2.20. The van der Waals surface area contributed by atoms with Gasteiger partial charge in [0.25, 0.3) is 0 Å². The molecule has 0 spiro atoms. The monoisotopic (exact) mass is 332 g/mol. The third-order valence-electron chi connectivity index (χ3n) is 3.99. The molecule has 124 valence electrons. The first-order valence-corrected chi connectivity index (χ1v) is 9.37. The molecule has 0 radical (unpaired) electrons. The summed E-state index contributed by atoms with van der Waals surface area (Å²) in [6, 6.07) is 10.6. The van der Waals surface area contributed by atoms with E-state index in [0.29, 0.717) is 0 Å². The Balaban J connectivity index is 1.42. The van der Waals surface area contributed by atoms with Gasteiger partial charge in [-0.1, -0.05) is 37.3 Å². The van der Waals surface area contributed by atoms with Crippen molar-refractivity contribution in [2.24, 2.45) is 0 Å². The number of rotatable bonds is 7. The first-order chi connectivity index (χ1) is 11.3. The number of aryl methyl sites for hydroxylation is 1. The van der Waals surface area contributed by atoms with Gasteiger partial charge in [0.05, 0.1) is 6.61 Å². The molecule has 1 fully saturated rings. The van der Waals surface area contributed by atoms with E-state index in [2.05, 4.69) is 57.3 Å². The summed E-state index contributed by atoms with van der Waals surface area (Å²) in [4.78, 5) is 6.95. The van der Waals surface area contributed by atoms with Gasteiger partial charge in [-0.2, -0.15) is 16.9 Å². The second-order valence-electron chi connectivity index (χ2n) is 5.69. The molecule has 6 heteroatoms. The van der Waals surface area contributed by atoms with E-state index in [4.69, 9.17) is 4.74 Å². The van der Waals surface area contributed by atoms with E-state index in [0.717, 1.165) is 55.8 Å². The highest BCUT2D eigenvalue weighted by molar-refractivity contribution is 7.98. The summed E-state index contributed by atoms with van der Waals surface area (Å²) in [5, 5.41) is 7.26. The van der Waals surface area contributed by atoms with Crippen molar-refractivity contribution in [2.75, 3.05) is 32.0 Å². The van der Waals surface area contributed by atoms with Gasteiger partial charge >= 0.3 is 0 Å². The normalized spacial score (nSPS) is 19.1. The largest absolute Gasteiger partial charge is 0.367 e. The molecule has 5 nitrogen and oxygen atoms in total. The van der Waals surface area contributed by atoms with Crippen LogP contribution in [0.5, 0.6) is 0 Å². The fourth-order valence-corrected chi connectivity index (χ4v) is 3.59. The van der Waals surface area contributed by atoms with Gasteiger partial charge in [0, 0.05) is 37.6 Å². The van der Waals surface area contributed by atoms with Crippen LogP contribution in [0.15, 0.2) is 30.3 Å². The zero-order chi connectivity index (χ0) is 15.9. The fraction of sp³-hybridized carbons (Fsp3) is 0.529. The van der Waals surface area contributed by atoms with Crippen LogP contribution < -0.4 is 0 Å². The van der Waals surface area contributed by atoms with Crippen LogP contribution in [-0.4, -0.2) is 52.1 Å². The highest BCUT2D eigenvalue weighted by Gasteiger charge is 2.24. The molecular formula is C17H24N4OS. The maximum Gasteiger partial charge on any atom is 0.180 e. The summed E-state index contributed by atoms with van der Waals surface area (Å²) in [6.45, 7) is 5.79. The van der Waals surface area contributed by atoms with E-state index in [-0.39, 0.29) is 6.10 Å². The zero-order valence-electron chi connectivity index (χ0n) is 13.6. The van der Waals surface area contributed by atoms with Gasteiger partial charge in [0.15, 0.2) is 5.82 Å². The van der Waals surface area contributed by atoms with Gasteiger partial charge in [-0.05, 0) is 5.56 Å². The second-order valence-corrected chi connectivity index (χ2v) is 6.80. The molecule has 0 unspecified atom stereocenters. The molecule has 2 heterocycles. The third kappa shape index (κ3) is 4.80. The molecule has 23 heavy (non-hydrogen) atoms. The van der Waals surface area contributed by atoms with E-state index >= 15 is 0 Å². The van der Waals surface area contributed by atoms with Gasteiger partial charge in [0.2, 0.25) is 0 Å². The number of thioether (sulfide) groups is 1. The molecule has 1 aromatic heterocycles. The van der Waals surface area contributed by atoms with Crippen LogP contribution in [0.2, 0.25) is 0 Å². The third-order valence-corrected chi connectivity index (χ3v) is 4.99. The van der Waals surface area contributed by atoms with Crippen molar-refractivity contribution in [1.29, 1.82) is 0 Å². The number of morpholine rings is 1. The number of aromatic amines is 1. The van der Waals surface area contributed by atoms with Crippen LogP contribution in [0.4, 0.5) is 0 Å². The zero-order valence-corrected chi connectivity index (χ0v) is 14.4. The van der Waals surface area contributed by atoms with Crippen molar-refractivity contribution in [3.63, 3.8) is 0 Å². The molecule has 1 atom stereocenters. The van der Waals surface area contributed by atoms with Crippen molar-refractivity contribution in [2.45, 2.75) is 25.2 Å². The second kappa shape index (κ2) is 8.47. The Kier molecular flexibility index (Phi) is 6.07. The van der Waals surface area contributed by atoms with E-state index < -0.39 is 0 Å². The molecular weight excluding hydrogens is 308 g/mol. The Morgan fingerprint density at radius 3 is 3.00 bits per heavy atom. The van der Waals surface area contributed by atoms with E-state index in [1.165, 1.54) is 5.56 Å². The minimum atomic E-state index is -0.000534. The summed E-state index contributed by atoms with van der Waals surface area (Å²) in [7, 11) is 0. The summed E-state index contributed by atoms with van der Waals surface area (Å²) in [5.41, 5.74) is 1.39. The molecule has 1 N–H and O–H groups in total. The standard InChI is InChI=1S/C17H24N4OS/c1-2-16-18-17(20-19-16)15-12-21(8-10-22-15)9-11-23-13-14-6-4-3-5-7-14/h3-7,15H,2,8-13H2,1H3,(H,18,19,20)/t15-/m1/s1. The van der Waals surface area contributed by atoms with Crippen LogP contribution in [0, 0.1) is 0 Å². The summed E-state index contributed by atoms with van der Waals surface area (Å²) >= 11 is 1.98. The molecule has 0 bridgehead atoms. The van der Waals surface area contributed by atoms with Crippen LogP contribution in [0.1, 0.15) is 30.2 Å². The average molecular weight is 332 g/mol. The lowest BCUT2D eigenvalue weighted by Crippen LogP contribution is -2.39. The van der Waals surface area contributed by atoms with E-state index in [9.17, 15) is 0 Å². The first-order valence-electron chi connectivity index (χ1n) is 8.22. The molecule has 2 aromatic rings. The number of H-pyrrole nitrogens is 1. The SMILES string of the molecule is CCc1nc([C@H]2CN(CCSCc3ccccc3)CCO2)n[nH]1. The lowest BCUT2D eigenvalue weighted by Gasteiger charge is -2.31. The van der Waals surface area contributed by atoms with E-state index in [1.807, 2.05) is 11.8 Å². The smallest absolute Gasteiger partial charge is 0.180 e. The van der Waals surface area contributed by atoms with Crippen molar-refractivity contribution >= 4 is 11.8 Å². The van der Waals surface area contributed by atoms with Crippen LogP contribution in [0.3, 0.4) is 0 Å². The predicted molar refractivity (Wildman–Crippen MR) is 93.5 cm³/mol. The molecule has 1 aliphatic heterocycles. The summed E-state index contributed by atoms with van der Waals surface area (Å²) in [5.74, 6) is 3.94. The average Bonchev–Trinajstić information content (AvgIpc) is 3.09. The van der Waals surface area contributed by atoms with Gasteiger partial charge in [-0.3, -0.25) is 10.00 Å². The lowest BCUT2D eigenvalue weighted by atomic mass is 10.2. The van der Waals surface area contributed by atoms with Crippen molar-refractivity contribution < 1.29 is 4.74 Å². The Hall–Kier alpha value is -1.37. The number of hydrogen-bond acceptors (Lipinski definition) is 5. The molecule has 0 aliphatic carbocycles. The first kappa shape index (κ1) is 16.5. The highest BCUT2D eigenvalue weighted by atomic mass is 32.2. The number of benzene rings is 1. The quantitative estimate of drug-likeness (QED) is 0.790. The number of aromatic nitrogens is 3. The van der Waals surface area contributed by atoms with Crippen molar-refractivity contribution in [3.8, 4) is 0 Å². The van der Waals surface area contributed by atoms with Crippen LogP contribution in [0.25, 0.3) is 0 Å². The van der Waals surface area contributed by atoms with Crippen molar-refractivity contribution in [3.05, 3.63) is 47.5 Å². The summed E-state index contributed by atoms with van der Waals surface area (Å²) in [6.07, 6.45) is 0.874. The van der Waals surface area contributed by atoms with Gasteiger partial charge < -0.3 is 4.74 Å². The Morgan fingerprint density at radius 1 is 1.35 bits per heavy atom. The predicted octanol–water partition coefficient (Wildman–Crippen LogP) is 2.67. The van der Waals surface area contributed by atoms with Gasteiger partial charge in [0.1, 0.15) is 11.9 Å². The van der Waals surface area contributed by atoms with Crippen LogP contribution in [-0.2, 0) is 16.9 Å². The minimum Gasteiger partial charge on any atom is -0.367 e. The molecule has 3 rings (SSSR count). The van der Waals surface area contributed by atoms with Crippen molar-refractivity contribution in [1.82, 2.24) is 20.1 Å². The molecule has 1 aromatic carbocycles. The minimum absolute atomic E-state index is 0.000534. The topological polar surface area (TPSA) is 54.0 Å². The fourth-order valence-electron chi connectivity index (χ4n) is 2.63. The number of hydrogen-bond donors (Lipinski definition) is 1. The molecule has 0 saturated carbocycles. The maximum absolute atomic E-state index is 5.83. The summed E-state index contributed by atoms with van der Waals surface area (Å²) < 4.78 is 5.83. The van der Waals surface area contributed by atoms with Gasteiger partial charge in [-0.15, -0.1) is 0 Å². The molecule has 1 aliphatic rings. The molecule has 1 saturated heterocycles. The Labute approximate surface area is 141 Å². The number of nitrogens with zero attached hydrogens (tertiary/aromatic N) is 3. The number of ether oxygens (including phenoxy) is 1. The van der Waals surface area contributed by atoms with Gasteiger partial charge in [-0.25, -0.2) is 4.98 Å². The maximum atomic E-state index is 5.83. The Morgan fingerprint density at radius 2 is 2.22 bits per heavy atom. The molecule has 0 amide bonds.